The van der Waals surface area contributed by atoms with E-state index in [4.69, 9.17) is 11.6 Å². The monoisotopic (exact) mass is 346 g/mol. The molecule has 0 aliphatic heterocycles. The number of carboxylic acid groups (broad SMARTS) is 1. The van der Waals surface area contributed by atoms with Gasteiger partial charge in [-0.3, -0.25) is 0 Å². The summed E-state index contributed by atoms with van der Waals surface area (Å²) in [5, 5.41) is 12.8. The highest BCUT2D eigenvalue weighted by atomic mass is 35.5. The van der Waals surface area contributed by atoms with E-state index < -0.39 is 5.97 Å². The molecule has 0 atom stereocenters. The van der Waals surface area contributed by atoms with Crippen molar-refractivity contribution in [1.82, 2.24) is 9.55 Å². The maximum atomic E-state index is 11.2. The summed E-state index contributed by atoms with van der Waals surface area (Å²) in [5.74, 6) is -0.901. The summed E-state index contributed by atoms with van der Waals surface area (Å²) in [6.07, 6.45) is 0. The Kier molecular flexibility index (Phi) is 4.24. The van der Waals surface area contributed by atoms with Crippen LogP contribution in [-0.4, -0.2) is 20.6 Å². The maximum Gasteiger partial charge on any atom is 0.337 e. The Morgan fingerprint density at radius 3 is 2.78 bits per heavy atom. The molecule has 1 aromatic carbocycles. The predicted molar refractivity (Wildman–Crippen MR) is 92.5 cm³/mol. The average Bonchev–Trinajstić information content (AvgIpc) is 3.07. The standard InChI is InChI=1S/C17H15ClN2O2S/c1-10-6-15(17(21)22)11(2)20(10)8-14-9-23-16(19-14)12-4-3-5-13(18)7-12/h3-7,9H,8H2,1-2H3,(H,21,22). The van der Waals surface area contributed by atoms with Crippen molar-refractivity contribution in [3.63, 3.8) is 0 Å². The van der Waals surface area contributed by atoms with E-state index in [1.165, 1.54) is 0 Å². The molecule has 6 heteroatoms. The molecule has 0 bridgehead atoms. The van der Waals surface area contributed by atoms with Gasteiger partial charge in [0, 0.05) is 27.4 Å². The van der Waals surface area contributed by atoms with E-state index in [-0.39, 0.29) is 0 Å². The van der Waals surface area contributed by atoms with Gasteiger partial charge in [0.2, 0.25) is 0 Å². The SMILES string of the molecule is Cc1cc(C(=O)O)c(C)n1Cc1csc(-c2cccc(Cl)c2)n1. The molecule has 0 spiro atoms. The lowest BCUT2D eigenvalue weighted by Crippen LogP contribution is -2.06. The number of carbonyl (C=O) groups is 1. The van der Waals surface area contributed by atoms with Crippen molar-refractivity contribution in [2.45, 2.75) is 20.4 Å². The minimum atomic E-state index is -0.901. The number of carboxylic acids is 1. The van der Waals surface area contributed by atoms with Gasteiger partial charge < -0.3 is 9.67 Å². The number of benzene rings is 1. The van der Waals surface area contributed by atoms with E-state index >= 15 is 0 Å². The van der Waals surface area contributed by atoms with E-state index in [0.29, 0.717) is 17.1 Å². The van der Waals surface area contributed by atoms with Crippen molar-refractivity contribution < 1.29 is 9.90 Å². The van der Waals surface area contributed by atoms with Crippen LogP contribution < -0.4 is 0 Å². The van der Waals surface area contributed by atoms with E-state index in [2.05, 4.69) is 4.98 Å². The number of hydrogen-bond acceptors (Lipinski definition) is 3. The lowest BCUT2D eigenvalue weighted by molar-refractivity contribution is 0.0696. The Bertz CT molecular complexity index is 883. The molecule has 0 unspecified atom stereocenters. The fourth-order valence-corrected chi connectivity index (χ4v) is 3.55. The van der Waals surface area contributed by atoms with Crippen LogP contribution >= 0.6 is 22.9 Å². The van der Waals surface area contributed by atoms with Gasteiger partial charge in [-0.05, 0) is 32.0 Å². The fraction of sp³-hybridized carbons (Fsp3) is 0.176. The number of nitrogens with zero attached hydrogens (tertiary/aromatic N) is 2. The molecule has 0 saturated carbocycles. The third-order valence-electron chi connectivity index (χ3n) is 3.75. The Morgan fingerprint density at radius 1 is 1.35 bits per heavy atom. The molecular formula is C17H15ClN2O2S. The van der Waals surface area contributed by atoms with Gasteiger partial charge in [-0.1, -0.05) is 23.7 Å². The lowest BCUT2D eigenvalue weighted by atomic mass is 10.2. The molecule has 118 valence electrons. The molecule has 4 nitrogen and oxygen atoms in total. The van der Waals surface area contributed by atoms with Crippen molar-refractivity contribution in [1.29, 1.82) is 0 Å². The quantitative estimate of drug-likeness (QED) is 0.749. The van der Waals surface area contributed by atoms with Gasteiger partial charge in [-0.15, -0.1) is 11.3 Å². The first-order valence-electron chi connectivity index (χ1n) is 7.06. The van der Waals surface area contributed by atoms with Crippen molar-refractivity contribution in [2.24, 2.45) is 0 Å². The van der Waals surface area contributed by atoms with Crippen LogP contribution in [0.2, 0.25) is 5.02 Å². The average molecular weight is 347 g/mol. The number of aromatic nitrogens is 2. The van der Waals surface area contributed by atoms with Crippen molar-refractivity contribution >= 4 is 28.9 Å². The molecule has 1 N–H and O–H groups in total. The summed E-state index contributed by atoms with van der Waals surface area (Å²) in [6.45, 7) is 4.28. The first-order chi connectivity index (χ1) is 11.0. The minimum Gasteiger partial charge on any atom is -0.478 e. The largest absolute Gasteiger partial charge is 0.478 e. The zero-order chi connectivity index (χ0) is 16.6. The Morgan fingerprint density at radius 2 is 2.13 bits per heavy atom. The Hall–Kier alpha value is -2.11. The van der Waals surface area contributed by atoms with Crippen LogP contribution in [0.25, 0.3) is 10.6 Å². The molecule has 0 radical (unpaired) electrons. The van der Waals surface area contributed by atoms with Gasteiger partial charge in [0.05, 0.1) is 17.8 Å². The Balaban J connectivity index is 1.89. The maximum absolute atomic E-state index is 11.2. The summed E-state index contributed by atoms with van der Waals surface area (Å²) in [4.78, 5) is 15.9. The van der Waals surface area contributed by atoms with E-state index in [9.17, 15) is 9.90 Å². The number of aryl methyl sites for hydroxylation is 1. The third kappa shape index (κ3) is 3.16. The molecule has 0 amide bonds. The van der Waals surface area contributed by atoms with Crippen LogP contribution in [-0.2, 0) is 6.54 Å². The highest BCUT2D eigenvalue weighted by Gasteiger charge is 2.15. The topological polar surface area (TPSA) is 55.1 Å². The first kappa shape index (κ1) is 15.8. The van der Waals surface area contributed by atoms with E-state index in [1.807, 2.05) is 48.1 Å². The normalized spacial score (nSPS) is 10.9. The second-order valence-electron chi connectivity index (χ2n) is 5.33. The molecule has 2 aromatic heterocycles. The fourth-order valence-electron chi connectivity index (χ4n) is 2.56. The second kappa shape index (κ2) is 6.18. The molecule has 0 aliphatic carbocycles. The van der Waals surface area contributed by atoms with Gasteiger partial charge in [-0.2, -0.15) is 0 Å². The van der Waals surface area contributed by atoms with E-state index in [1.54, 1.807) is 17.4 Å². The van der Waals surface area contributed by atoms with Crippen molar-refractivity contribution in [3.05, 3.63) is 63.4 Å². The highest BCUT2D eigenvalue weighted by Crippen LogP contribution is 2.27. The third-order valence-corrected chi connectivity index (χ3v) is 4.92. The van der Waals surface area contributed by atoms with Crippen LogP contribution in [0.15, 0.2) is 35.7 Å². The molecule has 0 fully saturated rings. The van der Waals surface area contributed by atoms with Crippen molar-refractivity contribution in [3.8, 4) is 10.6 Å². The molecule has 23 heavy (non-hydrogen) atoms. The summed E-state index contributed by atoms with van der Waals surface area (Å²) >= 11 is 7.58. The van der Waals surface area contributed by atoms with E-state index in [0.717, 1.165) is 27.7 Å². The summed E-state index contributed by atoms with van der Waals surface area (Å²) < 4.78 is 1.97. The number of rotatable bonds is 4. The molecule has 2 heterocycles. The van der Waals surface area contributed by atoms with Gasteiger partial charge in [0.25, 0.3) is 0 Å². The van der Waals surface area contributed by atoms with Crippen LogP contribution in [0.4, 0.5) is 0 Å². The molecular weight excluding hydrogens is 332 g/mol. The zero-order valence-corrected chi connectivity index (χ0v) is 14.3. The van der Waals surface area contributed by atoms with Gasteiger partial charge in [-0.25, -0.2) is 9.78 Å². The Labute approximate surface area is 143 Å². The van der Waals surface area contributed by atoms with Crippen LogP contribution in [0, 0.1) is 13.8 Å². The second-order valence-corrected chi connectivity index (χ2v) is 6.62. The highest BCUT2D eigenvalue weighted by molar-refractivity contribution is 7.13. The first-order valence-corrected chi connectivity index (χ1v) is 8.32. The van der Waals surface area contributed by atoms with Crippen molar-refractivity contribution in [2.75, 3.05) is 0 Å². The predicted octanol–water partition coefficient (Wildman–Crippen LogP) is 4.63. The zero-order valence-electron chi connectivity index (χ0n) is 12.7. The number of halogens is 1. The van der Waals surface area contributed by atoms with Crippen LogP contribution in [0.1, 0.15) is 27.4 Å². The molecule has 3 rings (SSSR count). The molecule has 0 saturated heterocycles. The summed E-state index contributed by atoms with van der Waals surface area (Å²) in [7, 11) is 0. The summed E-state index contributed by atoms with van der Waals surface area (Å²) in [6, 6.07) is 9.29. The summed E-state index contributed by atoms with van der Waals surface area (Å²) in [5.41, 5.74) is 3.89. The van der Waals surface area contributed by atoms with Gasteiger partial charge in [0.15, 0.2) is 0 Å². The molecule has 0 aliphatic rings. The number of hydrogen-bond donors (Lipinski definition) is 1. The smallest absolute Gasteiger partial charge is 0.337 e. The van der Waals surface area contributed by atoms with Gasteiger partial charge >= 0.3 is 5.97 Å². The van der Waals surface area contributed by atoms with Crippen LogP contribution in [0.3, 0.4) is 0 Å². The molecule has 3 aromatic rings. The minimum absolute atomic E-state index is 0.341. The van der Waals surface area contributed by atoms with Crippen LogP contribution in [0.5, 0.6) is 0 Å². The number of aromatic carboxylic acids is 1. The van der Waals surface area contributed by atoms with Gasteiger partial charge in [0.1, 0.15) is 5.01 Å². The number of thiazole rings is 1. The lowest BCUT2D eigenvalue weighted by Gasteiger charge is -2.07.